The number of carboxylic acids is 1. The molecule has 2 heterocycles. The maximum atomic E-state index is 14.0. The van der Waals surface area contributed by atoms with Gasteiger partial charge in [0.15, 0.2) is 0 Å². The molecule has 1 aliphatic heterocycles. The molecule has 0 amide bonds. The normalized spacial score (nSPS) is 15.7. The summed E-state index contributed by atoms with van der Waals surface area (Å²) < 4.78 is 33.8. The average Bonchev–Trinajstić information content (AvgIpc) is 2.79. The van der Waals surface area contributed by atoms with Gasteiger partial charge in [0.05, 0.1) is 22.5 Å². The minimum Gasteiger partial charge on any atom is -0.478 e. The first-order chi connectivity index (χ1) is 15.8. The molecule has 33 heavy (non-hydrogen) atoms. The van der Waals surface area contributed by atoms with Crippen molar-refractivity contribution < 1.29 is 23.4 Å². The number of hydrogen-bond acceptors (Lipinski definition) is 5. The van der Waals surface area contributed by atoms with Crippen LogP contribution >= 0.6 is 0 Å². The summed E-state index contributed by atoms with van der Waals surface area (Å²) in [7, 11) is 0. The number of carboxylic acid groups (broad SMARTS) is 1. The lowest BCUT2D eigenvalue weighted by Gasteiger charge is -2.25. The number of fused-ring (bicyclic) bond motifs is 1. The molecule has 0 spiro atoms. The number of alkyl halides is 2. The lowest BCUT2D eigenvalue weighted by molar-refractivity contribution is 0.0502. The molecule has 0 saturated carbocycles. The standard InChI is InChI=1S/C24H25F2N3O4/c1-13-11-17(14(2)27-19-6-4-3-5-16(19)23(31)32)20-18(12-13)22(30)29(24(25)26)21(28-20)15-7-9-33-10-8-15/h3-6,11-12,14-15,24,27H,7-10H2,1-2H3,(H,31,32)/t14-/m1/s1. The molecular formula is C24H25F2N3O4. The summed E-state index contributed by atoms with van der Waals surface area (Å²) in [5, 5.41) is 12.8. The van der Waals surface area contributed by atoms with Crippen molar-refractivity contribution in [3.05, 3.63) is 69.3 Å². The van der Waals surface area contributed by atoms with Crippen LogP contribution in [0.4, 0.5) is 14.5 Å². The molecule has 7 nitrogen and oxygen atoms in total. The predicted molar refractivity (Wildman–Crippen MR) is 120 cm³/mol. The average molecular weight is 457 g/mol. The van der Waals surface area contributed by atoms with E-state index in [1.165, 1.54) is 6.07 Å². The lowest BCUT2D eigenvalue weighted by Crippen LogP contribution is -2.30. The van der Waals surface area contributed by atoms with Crippen LogP contribution in [0.2, 0.25) is 0 Å². The number of carbonyl (C=O) groups is 1. The van der Waals surface area contributed by atoms with E-state index in [1.807, 2.05) is 13.0 Å². The van der Waals surface area contributed by atoms with Gasteiger partial charge in [0.2, 0.25) is 0 Å². The molecule has 0 radical (unpaired) electrons. The van der Waals surface area contributed by atoms with Gasteiger partial charge >= 0.3 is 12.5 Å². The molecule has 2 aromatic carbocycles. The number of nitrogens with one attached hydrogen (secondary N) is 1. The molecule has 1 saturated heterocycles. The van der Waals surface area contributed by atoms with Crippen LogP contribution in [0, 0.1) is 6.92 Å². The van der Waals surface area contributed by atoms with Crippen LogP contribution in [0.3, 0.4) is 0 Å². The molecule has 1 atom stereocenters. The number of aryl methyl sites for hydroxylation is 1. The van der Waals surface area contributed by atoms with E-state index in [1.54, 1.807) is 31.2 Å². The molecule has 1 aromatic heterocycles. The first kappa shape index (κ1) is 22.8. The van der Waals surface area contributed by atoms with Crippen LogP contribution in [0.25, 0.3) is 10.9 Å². The summed E-state index contributed by atoms with van der Waals surface area (Å²) in [6.45, 7) is 1.44. The first-order valence-electron chi connectivity index (χ1n) is 10.8. The number of aromatic carboxylic acids is 1. The predicted octanol–water partition coefficient (Wildman–Crippen LogP) is 4.87. The van der Waals surface area contributed by atoms with E-state index < -0.39 is 24.1 Å². The molecule has 3 aromatic rings. The fourth-order valence-electron chi connectivity index (χ4n) is 4.37. The van der Waals surface area contributed by atoms with Gasteiger partial charge in [-0.25, -0.2) is 14.3 Å². The fraction of sp³-hybridized carbons (Fsp3) is 0.375. The van der Waals surface area contributed by atoms with Crippen LogP contribution in [-0.2, 0) is 4.74 Å². The Kier molecular flexibility index (Phi) is 6.42. The second-order valence-electron chi connectivity index (χ2n) is 8.28. The van der Waals surface area contributed by atoms with Gasteiger partial charge in [-0.05, 0) is 50.5 Å². The summed E-state index contributed by atoms with van der Waals surface area (Å²) >= 11 is 0. The van der Waals surface area contributed by atoms with Gasteiger partial charge < -0.3 is 15.2 Å². The molecule has 0 unspecified atom stereocenters. The highest BCUT2D eigenvalue weighted by molar-refractivity contribution is 5.94. The van der Waals surface area contributed by atoms with Gasteiger partial charge in [-0.2, -0.15) is 8.78 Å². The van der Waals surface area contributed by atoms with E-state index in [0.717, 1.165) is 5.56 Å². The SMILES string of the molecule is Cc1cc([C@@H](C)Nc2ccccc2C(=O)O)c2nc(C3CCOCC3)n(C(F)F)c(=O)c2c1. The number of nitrogens with zero attached hydrogens (tertiary/aromatic N) is 2. The van der Waals surface area contributed by atoms with E-state index in [2.05, 4.69) is 10.3 Å². The van der Waals surface area contributed by atoms with Crippen LogP contribution in [-0.4, -0.2) is 33.8 Å². The van der Waals surface area contributed by atoms with E-state index >= 15 is 0 Å². The molecule has 4 rings (SSSR count). The number of rotatable bonds is 6. The summed E-state index contributed by atoms with van der Waals surface area (Å²) in [6.07, 6.45) is 1.01. The van der Waals surface area contributed by atoms with Crippen molar-refractivity contribution in [1.82, 2.24) is 9.55 Å². The Balaban J connectivity index is 1.87. The topological polar surface area (TPSA) is 93.4 Å². The third kappa shape index (κ3) is 4.45. The third-order valence-corrected chi connectivity index (χ3v) is 5.98. The number of aromatic nitrogens is 2. The second-order valence-corrected chi connectivity index (χ2v) is 8.28. The van der Waals surface area contributed by atoms with Crippen molar-refractivity contribution in [3.63, 3.8) is 0 Å². The van der Waals surface area contributed by atoms with Crippen molar-refractivity contribution >= 4 is 22.6 Å². The zero-order valence-corrected chi connectivity index (χ0v) is 18.3. The molecule has 9 heteroatoms. The Morgan fingerprint density at radius 3 is 2.61 bits per heavy atom. The van der Waals surface area contributed by atoms with Crippen molar-refractivity contribution in [2.24, 2.45) is 0 Å². The Morgan fingerprint density at radius 1 is 1.24 bits per heavy atom. The number of benzene rings is 2. The van der Waals surface area contributed by atoms with Gasteiger partial charge in [0.25, 0.3) is 5.56 Å². The Hall–Kier alpha value is -3.33. The Bertz CT molecular complexity index is 1250. The van der Waals surface area contributed by atoms with E-state index in [4.69, 9.17) is 4.74 Å². The highest BCUT2D eigenvalue weighted by Gasteiger charge is 2.27. The second kappa shape index (κ2) is 9.27. The van der Waals surface area contributed by atoms with Crippen molar-refractivity contribution in [1.29, 1.82) is 0 Å². The number of para-hydroxylation sites is 1. The molecule has 0 bridgehead atoms. The highest BCUT2D eigenvalue weighted by atomic mass is 19.3. The van der Waals surface area contributed by atoms with Crippen molar-refractivity contribution in [2.75, 3.05) is 18.5 Å². The molecule has 1 aliphatic rings. The van der Waals surface area contributed by atoms with Gasteiger partial charge in [0.1, 0.15) is 5.82 Å². The maximum absolute atomic E-state index is 14.0. The van der Waals surface area contributed by atoms with Crippen LogP contribution in [0.5, 0.6) is 0 Å². The number of ether oxygens (including phenoxy) is 1. The van der Waals surface area contributed by atoms with Crippen molar-refractivity contribution in [3.8, 4) is 0 Å². The van der Waals surface area contributed by atoms with Gasteiger partial charge in [-0.3, -0.25) is 4.79 Å². The highest BCUT2D eigenvalue weighted by Crippen LogP contribution is 2.32. The van der Waals surface area contributed by atoms with Crippen LogP contribution < -0.4 is 10.9 Å². The summed E-state index contributed by atoms with van der Waals surface area (Å²) in [5.74, 6) is -1.32. The summed E-state index contributed by atoms with van der Waals surface area (Å²) in [5.41, 5.74) is 1.44. The monoisotopic (exact) mass is 457 g/mol. The van der Waals surface area contributed by atoms with Gasteiger partial charge in [-0.1, -0.05) is 18.2 Å². The fourth-order valence-corrected chi connectivity index (χ4v) is 4.37. The maximum Gasteiger partial charge on any atom is 0.337 e. The summed E-state index contributed by atoms with van der Waals surface area (Å²) in [6, 6.07) is 9.48. The van der Waals surface area contributed by atoms with Crippen molar-refractivity contribution in [2.45, 2.75) is 45.2 Å². The van der Waals surface area contributed by atoms with Gasteiger partial charge in [0, 0.05) is 30.4 Å². The minimum absolute atomic E-state index is 0.0639. The zero-order valence-electron chi connectivity index (χ0n) is 18.3. The van der Waals surface area contributed by atoms with E-state index in [9.17, 15) is 23.5 Å². The molecule has 174 valence electrons. The molecule has 1 fully saturated rings. The lowest BCUT2D eigenvalue weighted by atomic mass is 9.97. The smallest absolute Gasteiger partial charge is 0.337 e. The van der Waals surface area contributed by atoms with Crippen LogP contribution in [0.1, 0.15) is 65.6 Å². The molecule has 0 aliphatic carbocycles. The zero-order chi connectivity index (χ0) is 23.7. The minimum atomic E-state index is -3.01. The van der Waals surface area contributed by atoms with E-state index in [-0.39, 0.29) is 22.7 Å². The number of hydrogen-bond donors (Lipinski definition) is 2. The van der Waals surface area contributed by atoms with E-state index in [0.29, 0.717) is 47.4 Å². The van der Waals surface area contributed by atoms with Crippen LogP contribution in [0.15, 0.2) is 41.2 Å². The molecular weight excluding hydrogens is 432 g/mol. The Morgan fingerprint density at radius 2 is 1.94 bits per heavy atom. The van der Waals surface area contributed by atoms with Gasteiger partial charge in [-0.15, -0.1) is 0 Å². The molecule has 2 N–H and O–H groups in total. The summed E-state index contributed by atoms with van der Waals surface area (Å²) in [4.78, 5) is 29.4. The number of anilines is 1. The Labute approximate surface area is 189 Å². The first-order valence-corrected chi connectivity index (χ1v) is 10.8. The quantitative estimate of drug-likeness (QED) is 0.549. The third-order valence-electron chi connectivity index (χ3n) is 5.98. The number of halogens is 2. The largest absolute Gasteiger partial charge is 0.478 e.